The third kappa shape index (κ3) is 5.30. The third-order valence-electron chi connectivity index (χ3n) is 4.70. The summed E-state index contributed by atoms with van der Waals surface area (Å²) in [7, 11) is -7.90. The van der Waals surface area contributed by atoms with Crippen molar-refractivity contribution in [2.75, 3.05) is 6.54 Å². The molecular weight excluding hydrogens is 456 g/mol. The minimum atomic E-state index is -4.12. The van der Waals surface area contributed by atoms with E-state index in [0.717, 1.165) is 38.2 Å². The molecule has 1 amide bonds. The fraction of sp³-hybridized carbons (Fsp3) is 0.588. The number of amides is 1. The number of sulfonamides is 1. The van der Waals surface area contributed by atoms with Gasteiger partial charge >= 0.3 is 0 Å². The van der Waals surface area contributed by atoms with E-state index >= 15 is 0 Å². The van der Waals surface area contributed by atoms with E-state index in [-0.39, 0.29) is 19.8 Å². The third-order valence-corrected chi connectivity index (χ3v) is 8.87. The molecule has 0 radical (unpaired) electrons. The Hall–Kier alpha value is -0.970. The number of benzene rings is 1. The first-order chi connectivity index (χ1) is 12.6. The van der Waals surface area contributed by atoms with Crippen LogP contribution in [-0.2, 0) is 19.9 Å². The van der Waals surface area contributed by atoms with Crippen LogP contribution >= 0.6 is 15.9 Å². The van der Waals surface area contributed by atoms with E-state index in [1.807, 2.05) is 6.92 Å². The highest BCUT2D eigenvalue weighted by Crippen LogP contribution is 2.34. The van der Waals surface area contributed by atoms with Crippen LogP contribution in [0.2, 0.25) is 0 Å². The number of hydrogen-bond acceptors (Lipinski definition) is 5. The first-order valence-corrected chi connectivity index (χ1v) is 12.9. The number of rotatable bonds is 7. The van der Waals surface area contributed by atoms with Crippen LogP contribution in [0.4, 0.5) is 0 Å². The predicted molar refractivity (Wildman–Crippen MR) is 107 cm³/mol. The Morgan fingerprint density at radius 1 is 1.15 bits per heavy atom. The van der Waals surface area contributed by atoms with Crippen molar-refractivity contribution in [3.63, 3.8) is 0 Å². The van der Waals surface area contributed by atoms with Gasteiger partial charge in [0.15, 0.2) is 9.84 Å². The van der Waals surface area contributed by atoms with Gasteiger partial charge < -0.3 is 5.32 Å². The van der Waals surface area contributed by atoms with Gasteiger partial charge in [0.25, 0.3) is 5.91 Å². The fourth-order valence-corrected chi connectivity index (χ4v) is 7.03. The summed E-state index contributed by atoms with van der Waals surface area (Å²) < 4.78 is 50.0. The van der Waals surface area contributed by atoms with Crippen LogP contribution in [0.15, 0.2) is 26.4 Å². The number of carbonyl (C=O) groups is 1. The molecule has 0 aromatic heterocycles. The number of nitrogens with two attached hydrogens (primary N) is 1. The molecule has 1 aliphatic carbocycles. The molecule has 152 valence electrons. The highest BCUT2D eigenvalue weighted by atomic mass is 79.9. The SMILES string of the molecule is CCCCNC(=O)c1cc(S(N)(=O)=O)c(Br)cc1S(=O)(=O)C1CCCCC1. The molecule has 10 heteroatoms. The average Bonchev–Trinajstić information content (AvgIpc) is 2.61. The average molecular weight is 481 g/mol. The van der Waals surface area contributed by atoms with Gasteiger partial charge in [-0.3, -0.25) is 4.79 Å². The number of hydrogen-bond donors (Lipinski definition) is 2. The van der Waals surface area contributed by atoms with Crippen LogP contribution in [-0.4, -0.2) is 34.5 Å². The van der Waals surface area contributed by atoms with E-state index in [1.165, 1.54) is 6.07 Å². The first kappa shape index (κ1) is 22.3. The monoisotopic (exact) mass is 480 g/mol. The van der Waals surface area contributed by atoms with Gasteiger partial charge in [-0.25, -0.2) is 22.0 Å². The maximum Gasteiger partial charge on any atom is 0.252 e. The van der Waals surface area contributed by atoms with Crippen molar-refractivity contribution in [2.45, 2.75) is 66.9 Å². The molecule has 1 fully saturated rings. The number of halogens is 1. The normalized spacial score (nSPS) is 16.3. The molecule has 0 unspecified atom stereocenters. The van der Waals surface area contributed by atoms with Gasteiger partial charge in [-0.05, 0) is 47.3 Å². The maximum atomic E-state index is 13.2. The molecular formula is C17H25BrN2O5S2. The summed E-state index contributed by atoms with van der Waals surface area (Å²) in [4.78, 5) is 12.2. The summed E-state index contributed by atoms with van der Waals surface area (Å²) in [5.41, 5.74) is -0.177. The summed E-state index contributed by atoms with van der Waals surface area (Å²) in [5, 5.41) is 7.30. The highest BCUT2D eigenvalue weighted by Gasteiger charge is 2.34. The molecule has 0 atom stereocenters. The van der Waals surface area contributed by atoms with E-state index in [2.05, 4.69) is 21.2 Å². The largest absolute Gasteiger partial charge is 0.352 e. The Kier molecular flexibility index (Phi) is 7.46. The second-order valence-corrected chi connectivity index (χ2v) is 11.3. The molecule has 0 spiro atoms. The molecule has 3 N–H and O–H groups in total. The van der Waals surface area contributed by atoms with Crippen LogP contribution < -0.4 is 10.5 Å². The van der Waals surface area contributed by atoms with E-state index in [0.29, 0.717) is 19.4 Å². The van der Waals surface area contributed by atoms with E-state index in [9.17, 15) is 21.6 Å². The fourth-order valence-electron chi connectivity index (χ4n) is 3.19. The summed E-state index contributed by atoms with van der Waals surface area (Å²) >= 11 is 3.09. The Bertz CT molecular complexity index is 907. The molecule has 1 saturated carbocycles. The highest BCUT2D eigenvalue weighted by molar-refractivity contribution is 9.10. The van der Waals surface area contributed by atoms with Crippen LogP contribution in [0.1, 0.15) is 62.2 Å². The van der Waals surface area contributed by atoms with Gasteiger partial charge in [0, 0.05) is 11.0 Å². The minimum Gasteiger partial charge on any atom is -0.352 e. The Morgan fingerprint density at radius 3 is 2.33 bits per heavy atom. The first-order valence-electron chi connectivity index (χ1n) is 8.97. The van der Waals surface area contributed by atoms with Gasteiger partial charge in [0.2, 0.25) is 10.0 Å². The zero-order valence-electron chi connectivity index (χ0n) is 15.2. The molecule has 1 aromatic carbocycles. The van der Waals surface area contributed by atoms with Gasteiger partial charge in [-0.15, -0.1) is 0 Å². The number of nitrogens with one attached hydrogen (secondary N) is 1. The van der Waals surface area contributed by atoms with E-state index in [1.54, 1.807) is 0 Å². The number of unbranched alkanes of at least 4 members (excludes halogenated alkanes) is 1. The van der Waals surface area contributed by atoms with Crippen molar-refractivity contribution >= 4 is 41.7 Å². The standard InChI is InChI=1S/C17H25BrN2O5S2/c1-2-3-9-20-17(21)13-10-16(27(19,24)25)14(18)11-15(13)26(22,23)12-7-5-4-6-8-12/h10-12H,2-9H2,1H3,(H,20,21)(H2,19,24,25). The van der Waals surface area contributed by atoms with Crippen LogP contribution in [0.3, 0.4) is 0 Å². The zero-order valence-corrected chi connectivity index (χ0v) is 18.4. The molecule has 2 rings (SSSR count). The Balaban J connectivity index is 2.57. The lowest BCUT2D eigenvalue weighted by Gasteiger charge is -2.23. The maximum absolute atomic E-state index is 13.2. The molecule has 1 aliphatic rings. The quantitative estimate of drug-likeness (QED) is 0.580. The van der Waals surface area contributed by atoms with Crippen molar-refractivity contribution in [1.29, 1.82) is 0 Å². The Labute approximate surface area is 169 Å². The minimum absolute atomic E-state index is 0.0319. The van der Waals surface area contributed by atoms with Crippen LogP contribution in [0, 0.1) is 0 Å². The molecule has 0 heterocycles. The molecule has 0 bridgehead atoms. The molecule has 0 saturated heterocycles. The number of carbonyl (C=O) groups excluding carboxylic acids is 1. The summed E-state index contributed by atoms with van der Waals surface area (Å²) in [6.07, 6.45) is 5.29. The molecule has 1 aromatic rings. The predicted octanol–water partition coefficient (Wildman–Crippen LogP) is 2.73. The van der Waals surface area contributed by atoms with Crippen molar-refractivity contribution in [3.8, 4) is 0 Å². The van der Waals surface area contributed by atoms with E-state index < -0.39 is 31.0 Å². The van der Waals surface area contributed by atoms with Crippen molar-refractivity contribution in [1.82, 2.24) is 5.32 Å². The number of primary sulfonamides is 1. The molecule has 0 aliphatic heterocycles. The van der Waals surface area contributed by atoms with Gasteiger partial charge in [0.1, 0.15) is 0 Å². The lowest BCUT2D eigenvalue weighted by atomic mass is 10.0. The second kappa shape index (κ2) is 9.02. The topological polar surface area (TPSA) is 123 Å². The van der Waals surface area contributed by atoms with Crippen LogP contribution in [0.25, 0.3) is 0 Å². The van der Waals surface area contributed by atoms with Crippen molar-refractivity contribution in [3.05, 3.63) is 22.2 Å². The van der Waals surface area contributed by atoms with E-state index in [4.69, 9.17) is 5.14 Å². The smallest absolute Gasteiger partial charge is 0.252 e. The van der Waals surface area contributed by atoms with Gasteiger partial charge in [-0.2, -0.15) is 0 Å². The lowest BCUT2D eigenvalue weighted by molar-refractivity contribution is 0.0949. The lowest BCUT2D eigenvalue weighted by Crippen LogP contribution is -2.30. The Morgan fingerprint density at radius 2 is 1.78 bits per heavy atom. The van der Waals surface area contributed by atoms with Crippen molar-refractivity contribution < 1.29 is 21.6 Å². The molecule has 7 nitrogen and oxygen atoms in total. The number of sulfone groups is 1. The zero-order chi connectivity index (χ0) is 20.2. The molecule has 27 heavy (non-hydrogen) atoms. The van der Waals surface area contributed by atoms with Crippen LogP contribution in [0.5, 0.6) is 0 Å². The summed E-state index contributed by atoms with van der Waals surface area (Å²) in [6, 6.07) is 2.24. The van der Waals surface area contributed by atoms with Gasteiger partial charge in [-0.1, -0.05) is 32.6 Å². The van der Waals surface area contributed by atoms with Crippen molar-refractivity contribution in [2.24, 2.45) is 5.14 Å². The van der Waals surface area contributed by atoms with Gasteiger partial charge in [0.05, 0.1) is 20.6 Å². The summed E-state index contributed by atoms with van der Waals surface area (Å²) in [5.74, 6) is -0.616. The summed E-state index contributed by atoms with van der Waals surface area (Å²) in [6.45, 7) is 2.34. The second-order valence-electron chi connectivity index (χ2n) is 6.74.